The summed E-state index contributed by atoms with van der Waals surface area (Å²) in [5.41, 5.74) is -0.397. The van der Waals surface area contributed by atoms with E-state index in [-0.39, 0.29) is 60.0 Å². The molecular weight excluding hydrogens is 472 g/mol. The molecule has 4 atom stereocenters. The van der Waals surface area contributed by atoms with Gasteiger partial charge in [0.15, 0.2) is 17.4 Å². The molecule has 2 aromatic heterocycles. The average molecular weight is 484 g/mol. The first-order chi connectivity index (χ1) is 10.8. The molecule has 0 bridgehead atoms. The smallest absolute Gasteiger partial charge is 0.790 e. The van der Waals surface area contributed by atoms with E-state index in [1.165, 1.54) is 10.9 Å². The summed E-state index contributed by atoms with van der Waals surface area (Å²) < 4.78 is 21.1. The number of hydrogen-bond acceptors (Lipinski definition) is 10. The van der Waals surface area contributed by atoms with E-state index in [1.54, 1.807) is 0 Å². The molecule has 24 heavy (non-hydrogen) atoms. The van der Waals surface area contributed by atoms with Gasteiger partial charge in [0.2, 0.25) is 0 Å². The zero-order valence-corrected chi connectivity index (χ0v) is 17.3. The summed E-state index contributed by atoms with van der Waals surface area (Å²) in [6.45, 7) is -0.750. The number of aromatic nitrogens is 4. The molecular formula is C10H11BaN4O8P. The molecule has 0 saturated carbocycles. The van der Waals surface area contributed by atoms with Gasteiger partial charge < -0.3 is 38.8 Å². The third-order valence-corrected chi connectivity index (χ3v) is 3.84. The third-order valence-electron chi connectivity index (χ3n) is 3.37. The van der Waals surface area contributed by atoms with Crippen LogP contribution in [0.3, 0.4) is 0 Å². The minimum atomic E-state index is -5.24. The van der Waals surface area contributed by atoms with Gasteiger partial charge in [-0.2, -0.15) is 0 Å². The van der Waals surface area contributed by atoms with Gasteiger partial charge in [-0.15, -0.1) is 0 Å². The number of ether oxygens (including phenoxy) is 1. The molecule has 0 radical (unpaired) electrons. The normalized spacial score (nSPS) is 27.3. The molecule has 1 fully saturated rings. The summed E-state index contributed by atoms with van der Waals surface area (Å²) in [6, 6.07) is 0. The molecule has 3 heterocycles. The van der Waals surface area contributed by atoms with Crippen LogP contribution in [0, 0.1) is 0 Å². The fourth-order valence-electron chi connectivity index (χ4n) is 2.31. The summed E-state index contributed by atoms with van der Waals surface area (Å²) in [5.74, 6) is 0. The Morgan fingerprint density at radius 2 is 2.08 bits per heavy atom. The Kier molecular flexibility index (Phi) is 6.45. The van der Waals surface area contributed by atoms with Crippen LogP contribution in [0.5, 0.6) is 0 Å². The Labute approximate surface area is 174 Å². The van der Waals surface area contributed by atoms with Crippen LogP contribution in [0.2, 0.25) is 0 Å². The third kappa shape index (κ3) is 4.01. The van der Waals surface area contributed by atoms with Gasteiger partial charge in [0.25, 0.3) is 5.56 Å². The number of H-pyrrole nitrogens is 1. The molecule has 1 aliphatic rings. The van der Waals surface area contributed by atoms with E-state index in [4.69, 9.17) is 4.74 Å². The van der Waals surface area contributed by atoms with Crippen molar-refractivity contribution in [2.45, 2.75) is 24.5 Å². The molecule has 0 unspecified atom stereocenters. The standard InChI is InChI=1S/C10H13N4O8P.Ba/c15-6-4(1-21-23(18,19)20)22-10(7(6)16)14-3-13-5-8(14)11-2-12-9(5)17;/h2-4,6-7,10,15-16H,1H2,(H,11,12,17)(H2,18,19,20);/q;+2/p-2/t4-,6+,7-,10-;/m1./s1. The van der Waals surface area contributed by atoms with Crippen molar-refractivity contribution in [3.63, 3.8) is 0 Å². The van der Waals surface area contributed by atoms with E-state index in [9.17, 15) is 29.4 Å². The van der Waals surface area contributed by atoms with Crippen molar-refractivity contribution in [1.82, 2.24) is 19.5 Å². The van der Waals surface area contributed by atoms with Crippen LogP contribution in [0.25, 0.3) is 11.2 Å². The maximum Gasteiger partial charge on any atom is 2.00 e. The predicted octanol–water partition coefficient (Wildman–Crippen LogP) is -3.80. The molecule has 12 nitrogen and oxygen atoms in total. The second-order valence-electron chi connectivity index (χ2n) is 4.84. The van der Waals surface area contributed by atoms with Crippen molar-refractivity contribution in [3.8, 4) is 0 Å². The van der Waals surface area contributed by atoms with Gasteiger partial charge in [0, 0.05) is 0 Å². The quantitative estimate of drug-likeness (QED) is 0.288. The number of fused-ring (bicyclic) bond motifs is 1. The second kappa shape index (κ2) is 7.65. The van der Waals surface area contributed by atoms with Gasteiger partial charge in [-0.1, -0.05) is 0 Å². The molecule has 2 aromatic rings. The molecule has 0 aliphatic carbocycles. The fraction of sp³-hybridized carbons (Fsp3) is 0.500. The molecule has 14 heteroatoms. The number of phosphoric ester groups is 1. The number of hydrogen-bond donors (Lipinski definition) is 3. The number of aliphatic hydroxyl groups is 2. The molecule has 126 valence electrons. The van der Waals surface area contributed by atoms with E-state index in [0.29, 0.717) is 0 Å². The van der Waals surface area contributed by atoms with Crippen molar-refractivity contribution in [2.75, 3.05) is 6.61 Å². The minimum absolute atomic E-state index is 0. The molecule has 0 amide bonds. The number of aromatic amines is 1. The minimum Gasteiger partial charge on any atom is -0.790 e. The van der Waals surface area contributed by atoms with Crippen LogP contribution in [0.15, 0.2) is 17.4 Å². The number of phosphoric acid groups is 1. The number of nitrogens with one attached hydrogen (secondary N) is 1. The van der Waals surface area contributed by atoms with Gasteiger partial charge in [0.05, 0.1) is 27.1 Å². The van der Waals surface area contributed by atoms with Crippen LogP contribution < -0.4 is 15.3 Å². The SMILES string of the molecule is O=c1[nH]cnc2c1ncn2[C@@H]1O[C@H](COP(=O)([O-])[O-])[C@H](O)[C@H]1O.[Ba+2]. The van der Waals surface area contributed by atoms with Crippen LogP contribution in [-0.2, 0) is 13.8 Å². The van der Waals surface area contributed by atoms with Crippen LogP contribution in [-0.4, -0.2) is 104 Å². The average Bonchev–Trinajstić information content (AvgIpc) is 3.01. The number of aliphatic hydroxyl groups excluding tert-OH is 2. The first-order valence-electron chi connectivity index (χ1n) is 6.36. The van der Waals surface area contributed by atoms with Crippen molar-refractivity contribution in [1.29, 1.82) is 0 Å². The van der Waals surface area contributed by atoms with E-state index in [0.717, 1.165) is 6.33 Å². The van der Waals surface area contributed by atoms with Gasteiger partial charge in [-0.25, -0.2) is 9.97 Å². The summed E-state index contributed by atoms with van der Waals surface area (Å²) in [7, 11) is -5.24. The monoisotopic (exact) mass is 484 g/mol. The van der Waals surface area contributed by atoms with Gasteiger partial charge in [-0.3, -0.25) is 9.36 Å². The number of imidazole rings is 1. The van der Waals surface area contributed by atoms with Crippen molar-refractivity contribution < 1.29 is 33.8 Å². The largest absolute Gasteiger partial charge is 2.00 e. The van der Waals surface area contributed by atoms with E-state index < -0.39 is 44.5 Å². The van der Waals surface area contributed by atoms with Crippen molar-refractivity contribution in [2.24, 2.45) is 0 Å². The maximum atomic E-state index is 11.6. The Hall–Kier alpha value is -0.0886. The maximum absolute atomic E-state index is 11.6. The fourth-order valence-corrected chi connectivity index (χ4v) is 2.64. The number of rotatable bonds is 4. The first kappa shape index (κ1) is 20.2. The Balaban J connectivity index is 0.00000208. The topological polar surface area (TPSA) is 186 Å². The van der Waals surface area contributed by atoms with E-state index in [2.05, 4.69) is 19.5 Å². The molecule has 1 saturated heterocycles. The Morgan fingerprint density at radius 3 is 2.75 bits per heavy atom. The molecule has 0 aromatic carbocycles. The molecule has 0 spiro atoms. The summed E-state index contributed by atoms with van der Waals surface area (Å²) in [5, 5.41) is 19.9. The van der Waals surface area contributed by atoms with Crippen molar-refractivity contribution in [3.05, 3.63) is 23.0 Å². The summed E-state index contributed by atoms with van der Waals surface area (Å²) in [4.78, 5) is 42.6. The van der Waals surface area contributed by atoms with Crippen molar-refractivity contribution >= 4 is 67.9 Å². The zero-order valence-electron chi connectivity index (χ0n) is 12.0. The predicted molar refractivity (Wildman–Crippen MR) is 73.4 cm³/mol. The number of nitrogens with zero attached hydrogens (tertiary/aromatic N) is 3. The van der Waals surface area contributed by atoms with Gasteiger partial charge in [0.1, 0.15) is 18.3 Å². The van der Waals surface area contributed by atoms with Crippen LogP contribution in [0.1, 0.15) is 6.23 Å². The first-order valence-corrected chi connectivity index (χ1v) is 7.82. The summed E-state index contributed by atoms with van der Waals surface area (Å²) >= 11 is 0. The Morgan fingerprint density at radius 1 is 1.38 bits per heavy atom. The molecule has 3 N–H and O–H groups in total. The van der Waals surface area contributed by atoms with E-state index in [1.807, 2.05) is 0 Å². The van der Waals surface area contributed by atoms with Crippen LogP contribution in [0.4, 0.5) is 0 Å². The van der Waals surface area contributed by atoms with Crippen LogP contribution >= 0.6 is 7.82 Å². The van der Waals surface area contributed by atoms with Gasteiger partial charge >= 0.3 is 48.9 Å². The van der Waals surface area contributed by atoms with Gasteiger partial charge in [-0.05, 0) is 0 Å². The zero-order chi connectivity index (χ0) is 16.8. The molecule has 3 rings (SSSR count). The van der Waals surface area contributed by atoms with E-state index >= 15 is 0 Å². The summed E-state index contributed by atoms with van der Waals surface area (Å²) in [6.07, 6.45) is -3.11. The molecule has 1 aliphatic heterocycles. The second-order valence-corrected chi connectivity index (χ2v) is 6.00. The Bertz CT molecular complexity index is 821.